The monoisotopic (exact) mass is 323 g/mol. The predicted molar refractivity (Wildman–Crippen MR) is 96.4 cm³/mol. The Balaban J connectivity index is 1.61. The Labute approximate surface area is 141 Å². The Kier molecular flexibility index (Phi) is 4.51. The summed E-state index contributed by atoms with van der Waals surface area (Å²) in [4.78, 5) is 25.4. The molecule has 0 fully saturated rings. The molecular formula is C19H21N3O2. The minimum absolute atomic E-state index is 0.0498. The fourth-order valence-corrected chi connectivity index (χ4v) is 3.08. The van der Waals surface area contributed by atoms with Crippen LogP contribution in [0.3, 0.4) is 0 Å². The van der Waals surface area contributed by atoms with Crippen molar-refractivity contribution >= 4 is 28.9 Å². The molecule has 0 saturated heterocycles. The lowest BCUT2D eigenvalue weighted by Gasteiger charge is -2.19. The molecule has 3 rings (SSSR count). The van der Waals surface area contributed by atoms with E-state index in [0.717, 1.165) is 17.9 Å². The third-order valence-electron chi connectivity index (χ3n) is 4.13. The number of carbonyl (C=O) groups excluding carboxylic acids is 2. The molecule has 24 heavy (non-hydrogen) atoms. The summed E-state index contributed by atoms with van der Waals surface area (Å²) < 4.78 is 0. The first kappa shape index (κ1) is 16.1. The highest BCUT2D eigenvalue weighted by Gasteiger charge is 2.26. The molecule has 124 valence electrons. The SMILES string of the molecule is CC(=O)Nc1ccc(NC(=O)CN2CC(C)c3ccccc32)cc1. The fraction of sp³-hybridized carbons (Fsp3) is 0.263. The van der Waals surface area contributed by atoms with E-state index in [1.54, 1.807) is 24.3 Å². The molecule has 0 spiro atoms. The number of para-hydroxylation sites is 1. The lowest BCUT2D eigenvalue weighted by Crippen LogP contribution is -2.32. The van der Waals surface area contributed by atoms with Gasteiger partial charge >= 0.3 is 0 Å². The summed E-state index contributed by atoms with van der Waals surface area (Å²) in [5.41, 5.74) is 3.86. The molecule has 1 aliphatic rings. The zero-order valence-corrected chi connectivity index (χ0v) is 13.9. The Morgan fingerprint density at radius 3 is 2.33 bits per heavy atom. The number of benzene rings is 2. The largest absolute Gasteiger partial charge is 0.361 e. The summed E-state index contributed by atoms with van der Waals surface area (Å²) in [5, 5.41) is 5.60. The van der Waals surface area contributed by atoms with Gasteiger partial charge in [0.2, 0.25) is 11.8 Å². The van der Waals surface area contributed by atoms with Crippen molar-refractivity contribution in [1.29, 1.82) is 0 Å². The van der Waals surface area contributed by atoms with Crippen molar-refractivity contribution in [2.75, 3.05) is 28.6 Å². The van der Waals surface area contributed by atoms with Crippen LogP contribution in [0, 0.1) is 0 Å². The maximum Gasteiger partial charge on any atom is 0.243 e. The number of hydrogen-bond donors (Lipinski definition) is 2. The van der Waals surface area contributed by atoms with Gasteiger partial charge in [0, 0.05) is 36.4 Å². The normalized spacial score (nSPS) is 15.8. The van der Waals surface area contributed by atoms with Crippen LogP contribution in [0.15, 0.2) is 48.5 Å². The van der Waals surface area contributed by atoms with Gasteiger partial charge in [0.25, 0.3) is 0 Å². The van der Waals surface area contributed by atoms with Crippen LogP contribution < -0.4 is 15.5 Å². The second-order valence-electron chi connectivity index (χ2n) is 6.15. The molecule has 2 N–H and O–H groups in total. The maximum atomic E-state index is 12.3. The molecule has 0 aromatic heterocycles. The van der Waals surface area contributed by atoms with Gasteiger partial charge in [0.1, 0.15) is 0 Å². The minimum Gasteiger partial charge on any atom is -0.361 e. The van der Waals surface area contributed by atoms with Gasteiger partial charge in [-0.1, -0.05) is 25.1 Å². The van der Waals surface area contributed by atoms with Crippen LogP contribution in [0.4, 0.5) is 17.1 Å². The van der Waals surface area contributed by atoms with Crippen molar-refractivity contribution in [3.05, 3.63) is 54.1 Å². The van der Waals surface area contributed by atoms with E-state index in [-0.39, 0.29) is 11.8 Å². The molecule has 0 saturated carbocycles. The summed E-state index contributed by atoms with van der Waals surface area (Å²) in [6, 6.07) is 15.3. The molecule has 2 amide bonds. The molecule has 5 nitrogen and oxygen atoms in total. The zero-order chi connectivity index (χ0) is 17.1. The van der Waals surface area contributed by atoms with Crippen LogP contribution >= 0.6 is 0 Å². The molecule has 1 atom stereocenters. The van der Waals surface area contributed by atoms with Crippen molar-refractivity contribution in [3.8, 4) is 0 Å². The van der Waals surface area contributed by atoms with Crippen LogP contribution in [0.25, 0.3) is 0 Å². The average Bonchev–Trinajstić information content (AvgIpc) is 2.85. The van der Waals surface area contributed by atoms with Crippen molar-refractivity contribution in [2.45, 2.75) is 19.8 Å². The maximum absolute atomic E-state index is 12.3. The zero-order valence-electron chi connectivity index (χ0n) is 13.9. The van der Waals surface area contributed by atoms with E-state index >= 15 is 0 Å². The predicted octanol–water partition coefficient (Wildman–Crippen LogP) is 3.21. The number of anilines is 3. The second kappa shape index (κ2) is 6.74. The molecular weight excluding hydrogens is 302 g/mol. The van der Waals surface area contributed by atoms with E-state index in [2.05, 4.69) is 34.6 Å². The number of amides is 2. The average molecular weight is 323 g/mol. The number of nitrogens with one attached hydrogen (secondary N) is 2. The van der Waals surface area contributed by atoms with Gasteiger partial charge in [-0.2, -0.15) is 0 Å². The van der Waals surface area contributed by atoms with E-state index < -0.39 is 0 Å². The van der Waals surface area contributed by atoms with Gasteiger partial charge in [-0.25, -0.2) is 0 Å². The molecule has 1 aliphatic heterocycles. The molecule has 0 radical (unpaired) electrons. The van der Waals surface area contributed by atoms with Crippen molar-refractivity contribution in [3.63, 3.8) is 0 Å². The number of hydrogen-bond acceptors (Lipinski definition) is 3. The van der Waals surface area contributed by atoms with E-state index in [4.69, 9.17) is 0 Å². The second-order valence-corrected chi connectivity index (χ2v) is 6.15. The van der Waals surface area contributed by atoms with Crippen molar-refractivity contribution < 1.29 is 9.59 Å². The number of carbonyl (C=O) groups is 2. The van der Waals surface area contributed by atoms with Gasteiger partial charge in [-0.3, -0.25) is 9.59 Å². The van der Waals surface area contributed by atoms with Gasteiger partial charge < -0.3 is 15.5 Å². The van der Waals surface area contributed by atoms with Gasteiger partial charge in [-0.15, -0.1) is 0 Å². The Bertz CT molecular complexity index is 755. The Morgan fingerprint density at radius 1 is 1.04 bits per heavy atom. The van der Waals surface area contributed by atoms with E-state index in [0.29, 0.717) is 18.2 Å². The fourth-order valence-electron chi connectivity index (χ4n) is 3.08. The highest BCUT2D eigenvalue weighted by molar-refractivity contribution is 5.95. The van der Waals surface area contributed by atoms with Gasteiger partial charge in [0.15, 0.2) is 0 Å². The third-order valence-corrected chi connectivity index (χ3v) is 4.13. The Hall–Kier alpha value is -2.82. The first-order valence-corrected chi connectivity index (χ1v) is 8.04. The number of rotatable bonds is 4. The third kappa shape index (κ3) is 3.56. The molecule has 5 heteroatoms. The first-order chi connectivity index (χ1) is 11.5. The van der Waals surface area contributed by atoms with E-state index in [9.17, 15) is 9.59 Å². The van der Waals surface area contributed by atoms with E-state index in [1.165, 1.54) is 12.5 Å². The summed E-state index contributed by atoms with van der Waals surface area (Å²) in [5.74, 6) is 0.269. The van der Waals surface area contributed by atoms with Crippen molar-refractivity contribution in [1.82, 2.24) is 0 Å². The summed E-state index contributed by atoms with van der Waals surface area (Å²) in [6.45, 7) is 4.82. The minimum atomic E-state index is -0.117. The molecule has 1 unspecified atom stereocenters. The van der Waals surface area contributed by atoms with Crippen LogP contribution in [0.1, 0.15) is 25.3 Å². The smallest absolute Gasteiger partial charge is 0.243 e. The standard InChI is InChI=1S/C19H21N3O2/c1-13-11-22(18-6-4-3-5-17(13)18)12-19(24)21-16-9-7-15(8-10-16)20-14(2)23/h3-10,13H,11-12H2,1-2H3,(H,20,23)(H,21,24). The summed E-state index contributed by atoms with van der Waals surface area (Å²) >= 11 is 0. The lowest BCUT2D eigenvalue weighted by atomic mass is 10.0. The molecule has 2 aromatic carbocycles. The van der Waals surface area contributed by atoms with Gasteiger partial charge in [-0.05, 0) is 35.9 Å². The molecule has 0 bridgehead atoms. The van der Waals surface area contributed by atoms with Crippen LogP contribution in [-0.4, -0.2) is 24.9 Å². The number of nitrogens with zero attached hydrogens (tertiary/aromatic N) is 1. The van der Waals surface area contributed by atoms with Crippen LogP contribution in [-0.2, 0) is 9.59 Å². The lowest BCUT2D eigenvalue weighted by molar-refractivity contribution is -0.115. The summed E-state index contributed by atoms with van der Waals surface area (Å²) in [6.07, 6.45) is 0. The highest BCUT2D eigenvalue weighted by atomic mass is 16.2. The van der Waals surface area contributed by atoms with Crippen molar-refractivity contribution in [2.24, 2.45) is 0 Å². The summed E-state index contributed by atoms with van der Waals surface area (Å²) in [7, 11) is 0. The molecule has 0 aliphatic carbocycles. The quantitative estimate of drug-likeness (QED) is 0.908. The van der Waals surface area contributed by atoms with E-state index in [1.807, 2.05) is 12.1 Å². The molecule has 1 heterocycles. The number of fused-ring (bicyclic) bond motifs is 1. The highest BCUT2D eigenvalue weighted by Crippen LogP contribution is 2.35. The van der Waals surface area contributed by atoms with Crippen LogP contribution in [0.2, 0.25) is 0 Å². The molecule has 2 aromatic rings. The topological polar surface area (TPSA) is 61.4 Å². The Morgan fingerprint density at radius 2 is 1.67 bits per heavy atom. The first-order valence-electron chi connectivity index (χ1n) is 8.04. The van der Waals surface area contributed by atoms with Gasteiger partial charge in [0.05, 0.1) is 6.54 Å². The van der Waals surface area contributed by atoms with Crippen LogP contribution in [0.5, 0.6) is 0 Å².